The van der Waals surface area contributed by atoms with Crippen LogP contribution in [0, 0.1) is 0 Å². The zero-order valence-corrected chi connectivity index (χ0v) is 11.9. The number of rotatable bonds is 4. The van der Waals surface area contributed by atoms with E-state index in [0.717, 1.165) is 5.56 Å². The third-order valence-corrected chi connectivity index (χ3v) is 3.08. The van der Waals surface area contributed by atoms with E-state index in [1.54, 1.807) is 10.9 Å². The van der Waals surface area contributed by atoms with Crippen LogP contribution in [0.3, 0.4) is 0 Å². The van der Waals surface area contributed by atoms with Gasteiger partial charge in [-0.2, -0.15) is 0 Å². The number of carbonyl (C=O) groups is 1. The zero-order chi connectivity index (χ0) is 14.7. The van der Waals surface area contributed by atoms with E-state index >= 15 is 0 Å². The highest BCUT2D eigenvalue weighted by atomic mass is 16.5. The molecule has 1 unspecified atom stereocenters. The number of carbonyl (C=O) groups excluding carboxylic acids is 1. The van der Waals surface area contributed by atoms with Gasteiger partial charge in [-0.05, 0) is 32.4 Å². The van der Waals surface area contributed by atoms with Crippen LogP contribution < -0.4 is 5.73 Å². The number of esters is 1. The minimum absolute atomic E-state index is 0.0894. The van der Waals surface area contributed by atoms with E-state index in [0.29, 0.717) is 11.4 Å². The van der Waals surface area contributed by atoms with E-state index in [1.807, 2.05) is 45.0 Å². The number of aromatic nitrogens is 2. The first kappa shape index (κ1) is 14.1. The van der Waals surface area contributed by atoms with Gasteiger partial charge in [-0.25, -0.2) is 9.78 Å². The molecule has 0 saturated carbocycles. The van der Waals surface area contributed by atoms with Crippen LogP contribution >= 0.6 is 0 Å². The smallest absolute Gasteiger partial charge is 0.356 e. The summed E-state index contributed by atoms with van der Waals surface area (Å²) in [5.74, 6) is -0.376. The van der Waals surface area contributed by atoms with Crippen LogP contribution in [0.1, 0.15) is 42.9 Å². The molecule has 106 valence electrons. The summed E-state index contributed by atoms with van der Waals surface area (Å²) < 4.78 is 6.99. The fourth-order valence-electron chi connectivity index (χ4n) is 2.09. The average molecular weight is 273 g/mol. The van der Waals surface area contributed by atoms with Gasteiger partial charge >= 0.3 is 5.97 Å². The van der Waals surface area contributed by atoms with Crippen molar-refractivity contribution in [2.45, 2.75) is 32.9 Å². The lowest BCUT2D eigenvalue weighted by Gasteiger charge is -2.18. The van der Waals surface area contributed by atoms with Crippen LogP contribution in [0.5, 0.6) is 0 Å². The number of anilines is 1. The number of benzene rings is 1. The quantitative estimate of drug-likeness (QED) is 0.686. The lowest BCUT2D eigenvalue weighted by Crippen LogP contribution is -2.18. The van der Waals surface area contributed by atoms with Gasteiger partial charge in [0.1, 0.15) is 5.69 Å². The van der Waals surface area contributed by atoms with Gasteiger partial charge < -0.3 is 15.0 Å². The molecule has 1 aromatic carbocycles. The molecule has 0 spiro atoms. The van der Waals surface area contributed by atoms with Crippen molar-refractivity contribution in [3.8, 4) is 0 Å². The normalized spacial score (nSPS) is 12.4. The second-order valence-corrected chi connectivity index (χ2v) is 4.95. The highest BCUT2D eigenvalue weighted by molar-refractivity contribution is 5.87. The Kier molecular flexibility index (Phi) is 4.08. The standard InChI is InChI=1S/C15H19N3O2/c1-10(2)20-15(19)14-8-17-9-18(14)11(3)12-6-4-5-7-13(12)16/h4-11H,16H2,1-3H3. The van der Waals surface area contributed by atoms with Crippen molar-refractivity contribution in [1.29, 1.82) is 0 Å². The summed E-state index contributed by atoms with van der Waals surface area (Å²) in [5.41, 5.74) is 8.05. The summed E-state index contributed by atoms with van der Waals surface area (Å²) in [5, 5.41) is 0. The largest absolute Gasteiger partial charge is 0.458 e. The van der Waals surface area contributed by atoms with Crippen LogP contribution in [0.2, 0.25) is 0 Å². The highest BCUT2D eigenvalue weighted by Crippen LogP contribution is 2.25. The number of nitrogens with two attached hydrogens (primary N) is 1. The molecule has 1 atom stereocenters. The highest BCUT2D eigenvalue weighted by Gasteiger charge is 2.20. The molecule has 0 amide bonds. The van der Waals surface area contributed by atoms with Crippen LogP contribution in [0.4, 0.5) is 5.69 Å². The summed E-state index contributed by atoms with van der Waals surface area (Å²) in [7, 11) is 0. The molecule has 0 aliphatic rings. The molecule has 1 heterocycles. The molecule has 2 aromatic rings. The van der Waals surface area contributed by atoms with Crippen molar-refractivity contribution in [3.05, 3.63) is 48.0 Å². The zero-order valence-electron chi connectivity index (χ0n) is 11.9. The van der Waals surface area contributed by atoms with E-state index < -0.39 is 0 Å². The van der Waals surface area contributed by atoms with Crippen LogP contribution in [0.15, 0.2) is 36.8 Å². The summed E-state index contributed by atoms with van der Waals surface area (Å²) in [4.78, 5) is 16.1. The van der Waals surface area contributed by atoms with Crippen molar-refractivity contribution in [3.63, 3.8) is 0 Å². The first-order chi connectivity index (χ1) is 9.50. The Labute approximate surface area is 118 Å². The lowest BCUT2D eigenvalue weighted by atomic mass is 10.1. The molecule has 2 N–H and O–H groups in total. The first-order valence-corrected chi connectivity index (χ1v) is 6.58. The molecule has 1 aromatic heterocycles. The summed E-state index contributed by atoms with van der Waals surface area (Å²) >= 11 is 0. The fourth-order valence-corrected chi connectivity index (χ4v) is 2.09. The van der Waals surface area contributed by atoms with E-state index in [4.69, 9.17) is 10.5 Å². The van der Waals surface area contributed by atoms with Gasteiger partial charge in [0.2, 0.25) is 0 Å². The van der Waals surface area contributed by atoms with Crippen molar-refractivity contribution in [2.75, 3.05) is 5.73 Å². The number of nitrogens with zero attached hydrogens (tertiary/aromatic N) is 2. The van der Waals surface area contributed by atoms with Crippen LogP contribution in [-0.2, 0) is 4.74 Å². The molecular weight excluding hydrogens is 254 g/mol. The minimum Gasteiger partial charge on any atom is -0.458 e. The maximum absolute atomic E-state index is 12.0. The second kappa shape index (κ2) is 5.77. The maximum atomic E-state index is 12.0. The molecule has 0 fully saturated rings. The monoisotopic (exact) mass is 273 g/mol. The van der Waals surface area contributed by atoms with E-state index in [9.17, 15) is 4.79 Å². The SMILES string of the molecule is CC(C)OC(=O)c1cncn1C(C)c1ccccc1N. The third kappa shape index (κ3) is 2.82. The topological polar surface area (TPSA) is 70.1 Å². The molecule has 0 bridgehead atoms. The predicted octanol–water partition coefficient (Wildman–Crippen LogP) is 2.64. The Bertz CT molecular complexity index is 605. The Morgan fingerprint density at radius 1 is 1.30 bits per heavy atom. The lowest BCUT2D eigenvalue weighted by molar-refractivity contribution is 0.0364. The Morgan fingerprint density at radius 3 is 2.65 bits per heavy atom. The molecule has 0 saturated heterocycles. The predicted molar refractivity (Wildman–Crippen MR) is 77.4 cm³/mol. The Morgan fingerprint density at radius 2 is 2.00 bits per heavy atom. The van der Waals surface area contributed by atoms with E-state index in [-0.39, 0.29) is 18.1 Å². The van der Waals surface area contributed by atoms with Gasteiger partial charge in [-0.15, -0.1) is 0 Å². The summed E-state index contributed by atoms with van der Waals surface area (Å²) in [6.07, 6.45) is 2.97. The number of hydrogen-bond donors (Lipinski definition) is 1. The van der Waals surface area contributed by atoms with Gasteiger partial charge in [0.05, 0.1) is 24.7 Å². The molecule has 0 radical (unpaired) electrons. The number of imidazole rings is 1. The van der Waals surface area contributed by atoms with E-state index in [1.165, 1.54) is 6.20 Å². The molecule has 0 aliphatic heterocycles. The molecular formula is C15H19N3O2. The van der Waals surface area contributed by atoms with Gasteiger partial charge in [-0.3, -0.25) is 0 Å². The minimum atomic E-state index is -0.376. The summed E-state index contributed by atoms with van der Waals surface area (Å²) in [6.45, 7) is 5.61. The molecule has 5 nitrogen and oxygen atoms in total. The van der Waals surface area contributed by atoms with Crippen LogP contribution in [-0.4, -0.2) is 21.6 Å². The van der Waals surface area contributed by atoms with Crippen molar-refractivity contribution < 1.29 is 9.53 Å². The third-order valence-electron chi connectivity index (χ3n) is 3.08. The van der Waals surface area contributed by atoms with Crippen LogP contribution in [0.25, 0.3) is 0 Å². The maximum Gasteiger partial charge on any atom is 0.356 e. The number of para-hydroxylation sites is 1. The van der Waals surface area contributed by atoms with Gasteiger partial charge in [-0.1, -0.05) is 18.2 Å². The van der Waals surface area contributed by atoms with Gasteiger partial charge in [0.25, 0.3) is 0 Å². The van der Waals surface area contributed by atoms with Crippen molar-refractivity contribution in [1.82, 2.24) is 9.55 Å². The molecule has 20 heavy (non-hydrogen) atoms. The van der Waals surface area contributed by atoms with Crippen molar-refractivity contribution >= 4 is 11.7 Å². The Hall–Kier alpha value is -2.30. The van der Waals surface area contributed by atoms with Crippen molar-refractivity contribution in [2.24, 2.45) is 0 Å². The summed E-state index contributed by atoms with van der Waals surface area (Å²) in [6, 6.07) is 7.50. The molecule has 0 aliphatic carbocycles. The molecule has 5 heteroatoms. The number of nitrogen functional groups attached to an aromatic ring is 1. The Balaban J connectivity index is 2.33. The average Bonchev–Trinajstić information content (AvgIpc) is 2.87. The van der Waals surface area contributed by atoms with Gasteiger partial charge in [0.15, 0.2) is 0 Å². The van der Waals surface area contributed by atoms with E-state index in [2.05, 4.69) is 4.98 Å². The number of hydrogen-bond acceptors (Lipinski definition) is 4. The number of ether oxygens (including phenoxy) is 1. The molecule has 2 rings (SSSR count). The van der Waals surface area contributed by atoms with Gasteiger partial charge in [0, 0.05) is 5.69 Å². The fraction of sp³-hybridized carbons (Fsp3) is 0.333. The second-order valence-electron chi connectivity index (χ2n) is 4.95. The first-order valence-electron chi connectivity index (χ1n) is 6.58.